The van der Waals surface area contributed by atoms with Gasteiger partial charge in [0, 0.05) is 6.20 Å². The highest BCUT2D eigenvalue weighted by Gasteiger charge is 2.27. The lowest BCUT2D eigenvalue weighted by atomic mass is 10.1. The van der Waals surface area contributed by atoms with Gasteiger partial charge in [-0.15, -0.1) is 0 Å². The van der Waals surface area contributed by atoms with E-state index in [1.807, 2.05) is 31.2 Å². The van der Waals surface area contributed by atoms with E-state index >= 15 is 0 Å². The normalized spacial score (nSPS) is 13.6. The number of benzene rings is 1. The van der Waals surface area contributed by atoms with Gasteiger partial charge in [0.05, 0.1) is 12.1 Å². The van der Waals surface area contributed by atoms with Crippen molar-refractivity contribution in [1.82, 2.24) is 4.98 Å². The summed E-state index contributed by atoms with van der Waals surface area (Å²) in [5.74, 6) is 0.179. The van der Waals surface area contributed by atoms with Crippen LogP contribution >= 0.6 is 0 Å². The van der Waals surface area contributed by atoms with Crippen LogP contribution in [-0.4, -0.2) is 23.3 Å². The third-order valence-corrected chi connectivity index (χ3v) is 3.36. The number of rotatable bonds is 2. The fourth-order valence-corrected chi connectivity index (χ4v) is 2.42. The predicted molar refractivity (Wildman–Crippen MR) is 80.1 cm³/mol. The zero-order chi connectivity index (χ0) is 14.8. The molecule has 0 fully saturated rings. The number of hydrogen-bond donors (Lipinski definition) is 1. The number of nitrogens with one attached hydrogen (secondary N) is 1. The van der Waals surface area contributed by atoms with E-state index in [1.54, 1.807) is 18.3 Å². The summed E-state index contributed by atoms with van der Waals surface area (Å²) in [7, 11) is 0. The van der Waals surface area contributed by atoms with E-state index in [9.17, 15) is 9.59 Å². The Balaban J connectivity index is 1.86. The molecule has 5 nitrogen and oxygen atoms in total. The minimum absolute atomic E-state index is 0.00859. The Morgan fingerprint density at radius 3 is 3.00 bits per heavy atom. The molecule has 0 radical (unpaired) electrons. The summed E-state index contributed by atoms with van der Waals surface area (Å²) in [5, 5.41) is 2.72. The minimum Gasteiger partial charge on any atom is -0.321 e. The number of aryl methyl sites for hydroxylation is 1. The second-order valence-electron chi connectivity index (χ2n) is 5.07. The van der Waals surface area contributed by atoms with Gasteiger partial charge in [-0.3, -0.25) is 14.5 Å². The lowest BCUT2D eigenvalue weighted by Crippen LogP contribution is -2.43. The van der Waals surface area contributed by atoms with Crippen molar-refractivity contribution in [2.45, 2.75) is 13.3 Å². The average Bonchev–Trinajstić information content (AvgIpc) is 2.46. The van der Waals surface area contributed by atoms with E-state index in [-0.39, 0.29) is 24.8 Å². The molecule has 1 aliphatic heterocycles. The Hall–Kier alpha value is -2.69. The molecule has 2 amide bonds. The van der Waals surface area contributed by atoms with Crippen LogP contribution in [0.15, 0.2) is 42.6 Å². The lowest BCUT2D eigenvalue weighted by molar-refractivity contribution is -0.121. The number of carbonyl (C=O) groups is 2. The highest BCUT2D eigenvalue weighted by Crippen LogP contribution is 2.26. The SMILES string of the molecule is Cc1cccc(CC(=O)N2CC(=O)Nc3cccnc32)c1. The first-order chi connectivity index (χ1) is 10.1. The molecule has 0 aliphatic carbocycles. The summed E-state index contributed by atoms with van der Waals surface area (Å²) < 4.78 is 0. The number of pyridine rings is 1. The molecule has 5 heteroatoms. The van der Waals surface area contributed by atoms with Gasteiger partial charge >= 0.3 is 0 Å². The molecular weight excluding hydrogens is 266 g/mol. The molecular formula is C16H15N3O2. The van der Waals surface area contributed by atoms with Crippen LogP contribution in [0, 0.1) is 6.92 Å². The molecule has 2 aromatic rings. The molecule has 21 heavy (non-hydrogen) atoms. The van der Waals surface area contributed by atoms with Gasteiger partial charge in [0.25, 0.3) is 0 Å². The van der Waals surface area contributed by atoms with Crippen LogP contribution in [0.5, 0.6) is 0 Å². The summed E-state index contributed by atoms with van der Waals surface area (Å²) in [6.07, 6.45) is 1.87. The molecule has 1 aromatic heterocycles. The summed E-state index contributed by atoms with van der Waals surface area (Å²) in [6, 6.07) is 11.3. The molecule has 1 N–H and O–H groups in total. The van der Waals surface area contributed by atoms with Gasteiger partial charge in [-0.25, -0.2) is 4.98 Å². The van der Waals surface area contributed by atoms with E-state index < -0.39 is 0 Å². The van der Waals surface area contributed by atoms with Crippen molar-refractivity contribution in [3.05, 3.63) is 53.7 Å². The van der Waals surface area contributed by atoms with Gasteiger partial charge in [-0.05, 0) is 24.6 Å². The highest BCUT2D eigenvalue weighted by molar-refractivity contribution is 6.09. The second kappa shape index (κ2) is 5.36. The van der Waals surface area contributed by atoms with Gasteiger partial charge in [-0.1, -0.05) is 29.8 Å². The van der Waals surface area contributed by atoms with Crippen LogP contribution in [0.25, 0.3) is 0 Å². The van der Waals surface area contributed by atoms with Crippen molar-refractivity contribution in [3.8, 4) is 0 Å². The van der Waals surface area contributed by atoms with Crippen LogP contribution in [-0.2, 0) is 16.0 Å². The van der Waals surface area contributed by atoms with E-state index in [2.05, 4.69) is 10.3 Å². The Labute approximate surface area is 122 Å². The Morgan fingerprint density at radius 1 is 1.33 bits per heavy atom. The molecule has 0 saturated carbocycles. The van der Waals surface area contributed by atoms with Crippen molar-refractivity contribution in [2.75, 3.05) is 16.8 Å². The summed E-state index contributed by atoms with van der Waals surface area (Å²) >= 11 is 0. The number of anilines is 2. The number of aromatic nitrogens is 1. The van der Waals surface area contributed by atoms with Gasteiger partial charge in [0.15, 0.2) is 5.82 Å². The van der Waals surface area contributed by atoms with Crippen molar-refractivity contribution < 1.29 is 9.59 Å². The maximum absolute atomic E-state index is 12.5. The van der Waals surface area contributed by atoms with Crippen LogP contribution in [0.4, 0.5) is 11.5 Å². The topological polar surface area (TPSA) is 62.3 Å². The van der Waals surface area contributed by atoms with Gasteiger partial charge in [-0.2, -0.15) is 0 Å². The standard InChI is InChI=1S/C16H15N3O2/c1-11-4-2-5-12(8-11)9-15(21)19-10-14(20)18-13-6-3-7-17-16(13)19/h2-8H,9-10H2,1H3,(H,18,20). The third-order valence-electron chi connectivity index (χ3n) is 3.36. The van der Waals surface area contributed by atoms with Gasteiger partial charge in [0.1, 0.15) is 6.54 Å². The molecule has 1 aromatic carbocycles. The van der Waals surface area contributed by atoms with Crippen molar-refractivity contribution in [1.29, 1.82) is 0 Å². The molecule has 0 saturated heterocycles. The monoisotopic (exact) mass is 281 g/mol. The van der Waals surface area contributed by atoms with Crippen molar-refractivity contribution >= 4 is 23.3 Å². The smallest absolute Gasteiger partial charge is 0.244 e. The number of carbonyl (C=O) groups excluding carboxylic acids is 2. The van der Waals surface area contributed by atoms with Crippen molar-refractivity contribution in [2.24, 2.45) is 0 Å². The molecule has 0 unspecified atom stereocenters. The first-order valence-corrected chi connectivity index (χ1v) is 6.74. The number of nitrogens with zero attached hydrogens (tertiary/aromatic N) is 2. The maximum Gasteiger partial charge on any atom is 0.244 e. The Morgan fingerprint density at radius 2 is 2.19 bits per heavy atom. The van der Waals surface area contributed by atoms with Gasteiger partial charge in [0.2, 0.25) is 11.8 Å². The molecule has 106 valence electrons. The maximum atomic E-state index is 12.5. The first kappa shape index (κ1) is 13.3. The first-order valence-electron chi connectivity index (χ1n) is 6.74. The Bertz CT molecular complexity index is 712. The quantitative estimate of drug-likeness (QED) is 0.914. The molecule has 3 rings (SSSR count). The number of amides is 2. The Kier molecular flexibility index (Phi) is 3.39. The van der Waals surface area contributed by atoms with E-state index in [0.29, 0.717) is 11.5 Å². The van der Waals surface area contributed by atoms with Crippen LogP contribution in [0.2, 0.25) is 0 Å². The van der Waals surface area contributed by atoms with E-state index in [4.69, 9.17) is 0 Å². The van der Waals surface area contributed by atoms with E-state index in [1.165, 1.54) is 4.90 Å². The van der Waals surface area contributed by atoms with Crippen LogP contribution in [0.3, 0.4) is 0 Å². The molecule has 0 bridgehead atoms. The average molecular weight is 281 g/mol. The molecule has 0 spiro atoms. The minimum atomic E-state index is -0.201. The molecule has 2 heterocycles. The zero-order valence-electron chi connectivity index (χ0n) is 11.7. The summed E-state index contributed by atoms with van der Waals surface area (Å²) in [6.45, 7) is 1.99. The van der Waals surface area contributed by atoms with Crippen molar-refractivity contribution in [3.63, 3.8) is 0 Å². The predicted octanol–water partition coefficient (Wildman–Crippen LogP) is 1.92. The largest absolute Gasteiger partial charge is 0.321 e. The highest BCUT2D eigenvalue weighted by atomic mass is 16.2. The second-order valence-corrected chi connectivity index (χ2v) is 5.07. The fraction of sp³-hybridized carbons (Fsp3) is 0.188. The summed E-state index contributed by atoms with van der Waals surface area (Å²) in [4.78, 5) is 29.9. The zero-order valence-corrected chi connectivity index (χ0v) is 11.7. The summed E-state index contributed by atoms with van der Waals surface area (Å²) in [5.41, 5.74) is 2.62. The third kappa shape index (κ3) is 2.76. The molecule has 0 atom stereocenters. The number of fused-ring (bicyclic) bond motifs is 1. The van der Waals surface area contributed by atoms with Gasteiger partial charge < -0.3 is 5.32 Å². The lowest BCUT2D eigenvalue weighted by Gasteiger charge is -2.27. The molecule has 1 aliphatic rings. The van der Waals surface area contributed by atoms with Crippen LogP contribution in [0.1, 0.15) is 11.1 Å². The fourth-order valence-electron chi connectivity index (χ4n) is 2.42. The number of hydrogen-bond acceptors (Lipinski definition) is 3. The van der Waals surface area contributed by atoms with E-state index in [0.717, 1.165) is 11.1 Å². The van der Waals surface area contributed by atoms with Crippen LogP contribution < -0.4 is 10.2 Å².